The number of fused-ring (bicyclic) bond motifs is 2. The molecule has 0 heterocycles. The molecule has 5 aromatic carbocycles. The number of nitrogens with zero attached hydrogens (tertiary/aromatic N) is 8. The summed E-state index contributed by atoms with van der Waals surface area (Å²) in [5.41, 5.74) is 0.280. The van der Waals surface area contributed by atoms with Gasteiger partial charge in [-0.3, -0.25) is 0 Å². The lowest BCUT2D eigenvalue weighted by Crippen LogP contribution is -2.06. The average molecular weight is 518 g/mol. The molecule has 8 nitrogen and oxygen atoms in total. The Labute approximate surface area is 224 Å². The summed E-state index contributed by atoms with van der Waals surface area (Å²) in [5, 5.41) is 44.2. The number of benzene rings is 3. The average Bonchev–Trinajstić information content (AvgIpc) is 3.46. The first-order chi connectivity index (χ1) is 19.4. The van der Waals surface area contributed by atoms with E-state index in [0.29, 0.717) is 11.1 Å². The molecule has 0 saturated heterocycles. The van der Waals surface area contributed by atoms with E-state index in [9.17, 15) is 29.8 Å². The highest BCUT2D eigenvalue weighted by Gasteiger charge is 2.31. The Kier molecular flexibility index (Phi) is 6.00. The third-order valence-corrected chi connectivity index (χ3v) is 6.45. The van der Waals surface area contributed by atoms with E-state index >= 15 is 0 Å². The summed E-state index contributed by atoms with van der Waals surface area (Å²) in [6, 6.07) is 16.2. The van der Waals surface area contributed by atoms with Gasteiger partial charge in [0.2, 0.25) is 11.9 Å². The van der Waals surface area contributed by atoms with Crippen LogP contribution in [0.1, 0.15) is 16.7 Å². The van der Waals surface area contributed by atoms with Crippen LogP contribution in [0.15, 0.2) is 58.6 Å². The van der Waals surface area contributed by atoms with Crippen LogP contribution < -0.4 is 10.7 Å². The molecule has 5 aromatic rings. The molecule has 0 saturated carbocycles. The maximum Gasteiger partial charge on any atom is 0.206 e. The number of halogens is 2. The summed E-state index contributed by atoms with van der Waals surface area (Å²) in [6.45, 7) is 15.4. The van der Waals surface area contributed by atoms with Gasteiger partial charge in [0.05, 0.1) is 39.8 Å². The van der Waals surface area contributed by atoms with Gasteiger partial charge in [-0.05, 0) is 35.4 Å². The third-order valence-electron chi connectivity index (χ3n) is 6.45. The van der Waals surface area contributed by atoms with Crippen LogP contribution in [0.5, 0.6) is 0 Å². The number of hydrogen-bond donors (Lipinski definition) is 0. The molecular weight excluding hydrogens is 510 g/mol. The molecule has 0 atom stereocenters. The molecule has 5 rings (SSSR count). The highest BCUT2D eigenvalue weighted by molar-refractivity contribution is 6.21. The van der Waals surface area contributed by atoms with Gasteiger partial charge in [-0.1, -0.05) is 24.3 Å². The fourth-order valence-corrected chi connectivity index (χ4v) is 4.99. The van der Waals surface area contributed by atoms with Gasteiger partial charge >= 0.3 is 0 Å². The molecule has 40 heavy (non-hydrogen) atoms. The van der Waals surface area contributed by atoms with E-state index in [1.54, 1.807) is 6.19 Å². The lowest BCUT2D eigenvalue weighted by Gasteiger charge is -2.03. The highest BCUT2D eigenvalue weighted by Crippen LogP contribution is 2.44. The molecule has 0 fully saturated rings. The normalized spacial score (nSPS) is 11.4. The van der Waals surface area contributed by atoms with Crippen LogP contribution in [0.2, 0.25) is 0 Å². The van der Waals surface area contributed by atoms with Crippen molar-refractivity contribution in [2.45, 2.75) is 0 Å². The van der Waals surface area contributed by atoms with Crippen LogP contribution in [0.4, 0.5) is 14.5 Å². The second-order valence-electron chi connectivity index (χ2n) is 8.29. The fourth-order valence-electron chi connectivity index (χ4n) is 4.99. The number of nitriles is 4. The maximum atomic E-state index is 13.7. The number of hydrogen-bond acceptors (Lipinski definition) is 6. The van der Waals surface area contributed by atoms with Gasteiger partial charge in [0, 0.05) is 32.7 Å². The smallest absolute Gasteiger partial charge is 0.206 e. The highest BCUT2D eigenvalue weighted by atomic mass is 19.1. The topological polar surface area (TPSA) is 129 Å². The van der Waals surface area contributed by atoms with Gasteiger partial charge in [-0.25, -0.2) is 13.6 Å². The van der Waals surface area contributed by atoms with Crippen LogP contribution in [0.3, 0.4) is 0 Å². The second-order valence-corrected chi connectivity index (χ2v) is 8.29. The molecule has 0 bridgehead atoms. The Morgan fingerprint density at radius 3 is 1.60 bits per heavy atom. The predicted octanol–water partition coefficient (Wildman–Crippen LogP) is 5.76. The van der Waals surface area contributed by atoms with Crippen molar-refractivity contribution < 1.29 is 8.78 Å². The summed E-state index contributed by atoms with van der Waals surface area (Å²) in [4.78, 5) is 10.6. The first kappa shape index (κ1) is 25.0. The van der Waals surface area contributed by atoms with Gasteiger partial charge in [0.1, 0.15) is 23.8 Å². The van der Waals surface area contributed by atoms with Gasteiger partial charge in [0.15, 0.2) is 5.36 Å². The van der Waals surface area contributed by atoms with E-state index < -0.39 is 11.6 Å². The van der Waals surface area contributed by atoms with Gasteiger partial charge < -0.3 is 0 Å². The largest absolute Gasteiger partial charge is 0.237 e. The summed E-state index contributed by atoms with van der Waals surface area (Å²) in [7, 11) is 0. The minimum atomic E-state index is -0.547. The van der Waals surface area contributed by atoms with E-state index in [-0.39, 0.29) is 65.8 Å². The van der Waals surface area contributed by atoms with Crippen molar-refractivity contribution in [1.29, 1.82) is 21.0 Å². The zero-order valence-electron chi connectivity index (χ0n) is 20.0. The monoisotopic (exact) mass is 518 g/mol. The fraction of sp³-hybridized carbons (Fsp3) is 0. The Balaban J connectivity index is 2.19. The van der Waals surface area contributed by atoms with Crippen molar-refractivity contribution in [2.75, 3.05) is 0 Å². The molecule has 0 radical (unpaired) electrons. The predicted molar refractivity (Wildman–Crippen MR) is 138 cm³/mol. The van der Waals surface area contributed by atoms with Gasteiger partial charge in [-0.2, -0.15) is 32.6 Å². The lowest BCUT2D eigenvalue weighted by molar-refractivity contribution is 0.627. The molecule has 0 aliphatic carbocycles. The molecule has 10 heteroatoms. The Morgan fingerprint density at radius 2 is 1.12 bits per heavy atom. The summed E-state index contributed by atoms with van der Waals surface area (Å²) >= 11 is 0. The second kappa shape index (κ2) is 9.63. The third kappa shape index (κ3) is 3.44. The first-order valence-corrected chi connectivity index (χ1v) is 11.2. The van der Waals surface area contributed by atoms with E-state index in [1.807, 2.05) is 18.2 Å². The van der Waals surface area contributed by atoms with Crippen LogP contribution in [0, 0.1) is 70.2 Å². The van der Waals surface area contributed by atoms with Crippen LogP contribution in [0.25, 0.3) is 53.6 Å². The molecule has 0 unspecified atom stereocenters. The van der Waals surface area contributed by atoms with E-state index in [1.165, 1.54) is 24.3 Å². The SMILES string of the molecule is [C-]#[N+]/N=c1/c(-c2ccc(F)cc2)c(C#N)c2c(C#N)c3c(=NC#N)c(-c4ccc(F)cc4)c([N+]#[C-])c3c(C#N)c12. The van der Waals surface area contributed by atoms with Crippen LogP contribution in [-0.4, -0.2) is 0 Å². The minimum Gasteiger partial charge on any atom is -0.237 e. The first-order valence-electron chi connectivity index (χ1n) is 11.2. The maximum absolute atomic E-state index is 13.7. The van der Waals surface area contributed by atoms with Crippen LogP contribution in [-0.2, 0) is 0 Å². The summed E-state index contributed by atoms with van der Waals surface area (Å²) < 4.78 is 27.4. The molecule has 0 aliphatic heterocycles. The van der Waals surface area contributed by atoms with Crippen molar-refractivity contribution in [3.63, 3.8) is 0 Å². The molecule has 0 aliphatic rings. The zero-order chi connectivity index (χ0) is 28.6. The van der Waals surface area contributed by atoms with E-state index in [2.05, 4.69) is 19.9 Å². The molecule has 0 N–H and O–H groups in total. The van der Waals surface area contributed by atoms with Crippen molar-refractivity contribution in [1.82, 2.24) is 0 Å². The quantitative estimate of drug-likeness (QED) is 0.167. The molecular formula is C30H8F2N8. The molecule has 0 spiro atoms. The minimum absolute atomic E-state index is 0.0116. The van der Waals surface area contributed by atoms with E-state index in [4.69, 9.17) is 13.1 Å². The van der Waals surface area contributed by atoms with E-state index in [0.717, 1.165) is 24.3 Å². The molecule has 182 valence electrons. The standard InChI is InChI=1S/C30H8F2N8/c1-37-28-23(16-5-9-18(32)10-6-16)29(39-14-36)27-20(12-34)24-19(11-33)22(15-3-7-17(31)8-4-15)30(40-38-2)25(24)21(13-35)26(27)28/h3-10H/b39-29?,40-30-. The summed E-state index contributed by atoms with van der Waals surface area (Å²) in [5.74, 6) is -1.09. The Bertz CT molecular complexity index is 2120. The van der Waals surface area contributed by atoms with Gasteiger partial charge in [-0.15, -0.1) is 4.95 Å². The lowest BCUT2D eigenvalue weighted by atomic mass is 9.95. The Morgan fingerprint density at radius 1 is 0.625 bits per heavy atom. The van der Waals surface area contributed by atoms with Gasteiger partial charge in [0.25, 0.3) is 0 Å². The Hall–Kier alpha value is -6.72. The van der Waals surface area contributed by atoms with Crippen molar-refractivity contribution in [3.05, 3.63) is 111 Å². The number of rotatable bonds is 2. The molecule has 0 amide bonds. The van der Waals surface area contributed by atoms with Crippen molar-refractivity contribution in [3.8, 4) is 46.7 Å². The summed E-state index contributed by atoms with van der Waals surface area (Å²) in [6.07, 6.45) is 1.67. The van der Waals surface area contributed by atoms with Crippen LogP contribution >= 0.6 is 0 Å². The molecule has 0 aromatic heterocycles. The van der Waals surface area contributed by atoms with Crippen molar-refractivity contribution >= 4 is 27.2 Å². The zero-order valence-corrected chi connectivity index (χ0v) is 20.0. The van der Waals surface area contributed by atoms with Crippen molar-refractivity contribution in [2.24, 2.45) is 10.1 Å².